The number of morpholine rings is 1. The predicted molar refractivity (Wildman–Crippen MR) is 65.9 cm³/mol. The van der Waals surface area contributed by atoms with Gasteiger partial charge in [0.25, 0.3) is 0 Å². The van der Waals surface area contributed by atoms with Crippen molar-refractivity contribution in [3.8, 4) is 0 Å². The van der Waals surface area contributed by atoms with Crippen LogP contribution in [0.15, 0.2) is 0 Å². The molecule has 0 spiro atoms. The molecular weight excluding hydrogens is 307 g/mol. The van der Waals surface area contributed by atoms with Crippen LogP contribution in [-0.2, 0) is 9.53 Å². The third kappa shape index (κ3) is 3.04. The van der Waals surface area contributed by atoms with Crippen molar-refractivity contribution in [3.63, 3.8) is 0 Å². The number of nitrogens with one attached hydrogen (secondary N) is 1. The molecule has 4 nitrogen and oxygen atoms in total. The van der Waals surface area contributed by atoms with Gasteiger partial charge in [0, 0.05) is 13.1 Å². The number of carbonyl (C=O) groups is 1. The Morgan fingerprint density at radius 2 is 2.40 bits per heavy atom. The molecule has 2 atom stereocenters. The van der Waals surface area contributed by atoms with E-state index in [0.717, 1.165) is 39.0 Å². The molecule has 0 radical (unpaired) electrons. The Labute approximate surface area is 104 Å². The molecule has 15 heavy (non-hydrogen) atoms. The van der Waals surface area contributed by atoms with Gasteiger partial charge in [0.2, 0.25) is 5.91 Å². The maximum Gasteiger partial charge on any atom is 0.227 e. The van der Waals surface area contributed by atoms with Crippen LogP contribution in [0.25, 0.3) is 0 Å². The van der Waals surface area contributed by atoms with Crippen LogP contribution in [0.4, 0.5) is 0 Å². The maximum atomic E-state index is 12.1. The number of piperidine rings is 1. The van der Waals surface area contributed by atoms with E-state index in [-0.39, 0.29) is 10.0 Å². The van der Waals surface area contributed by atoms with Crippen LogP contribution >= 0.6 is 22.6 Å². The van der Waals surface area contributed by atoms with Gasteiger partial charge in [0.05, 0.1) is 19.1 Å². The first-order valence-corrected chi connectivity index (χ1v) is 6.77. The van der Waals surface area contributed by atoms with E-state index in [2.05, 4.69) is 27.9 Å². The first kappa shape index (κ1) is 11.6. The third-order valence-corrected chi connectivity index (χ3v) is 3.74. The fourth-order valence-electron chi connectivity index (χ4n) is 2.13. The van der Waals surface area contributed by atoms with E-state index in [4.69, 9.17) is 4.74 Å². The minimum Gasteiger partial charge on any atom is -0.364 e. The van der Waals surface area contributed by atoms with Crippen molar-refractivity contribution in [2.45, 2.75) is 17.0 Å². The van der Waals surface area contributed by atoms with Crippen LogP contribution in [0.2, 0.25) is 0 Å². The first-order chi connectivity index (χ1) is 7.27. The number of nitrogens with zero attached hydrogens (tertiary/aromatic N) is 1. The van der Waals surface area contributed by atoms with Gasteiger partial charge in [0.15, 0.2) is 0 Å². The number of alkyl halides is 1. The summed E-state index contributed by atoms with van der Waals surface area (Å²) in [5.74, 6) is 0.507. The Morgan fingerprint density at radius 3 is 3.07 bits per heavy atom. The minimum absolute atomic E-state index is 0.164. The summed E-state index contributed by atoms with van der Waals surface area (Å²) in [5.41, 5.74) is 0. The van der Waals surface area contributed by atoms with E-state index in [1.165, 1.54) is 0 Å². The van der Waals surface area contributed by atoms with Crippen LogP contribution < -0.4 is 5.32 Å². The topological polar surface area (TPSA) is 41.6 Å². The summed E-state index contributed by atoms with van der Waals surface area (Å²) in [7, 11) is 0. The van der Waals surface area contributed by atoms with Crippen LogP contribution in [-0.4, -0.2) is 47.7 Å². The van der Waals surface area contributed by atoms with Gasteiger partial charge in [0.1, 0.15) is 4.11 Å². The van der Waals surface area contributed by atoms with E-state index in [0.29, 0.717) is 12.5 Å². The molecular formula is C10H17IN2O2. The summed E-state index contributed by atoms with van der Waals surface area (Å²) < 4.78 is 5.59. The maximum absolute atomic E-state index is 12.1. The third-order valence-electron chi connectivity index (χ3n) is 2.98. The highest BCUT2D eigenvalue weighted by molar-refractivity contribution is 14.1. The van der Waals surface area contributed by atoms with Gasteiger partial charge in [-0.25, -0.2) is 0 Å². The molecule has 5 heteroatoms. The van der Waals surface area contributed by atoms with E-state index in [9.17, 15) is 4.79 Å². The summed E-state index contributed by atoms with van der Waals surface area (Å²) in [6, 6.07) is 0. The van der Waals surface area contributed by atoms with Crippen LogP contribution in [0.5, 0.6) is 0 Å². The Balaban J connectivity index is 1.88. The Hall–Kier alpha value is 0.120. The molecule has 0 saturated carbocycles. The molecule has 0 aromatic rings. The second kappa shape index (κ2) is 5.45. The lowest BCUT2D eigenvalue weighted by Gasteiger charge is -2.34. The molecule has 0 aromatic heterocycles. The first-order valence-electron chi connectivity index (χ1n) is 5.52. The van der Waals surface area contributed by atoms with Crippen molar-refractivity contribution < 1.29 is 9.53 Å². The molecule has 2 aliphatic heterocycles. The molecule has 0 bridgehead atoms. The van der Waals surface area contributed by atoms with E-state index in [1.54, 1.807) is 0 Å². The van der Waals surface area contributed by atoms with E-state index >= 15 is 0 Å². The summed E-state index contributed by atoms with van der Waals surface area (Å²) in [5, 5.41) is 3.29. The fourth-order valence-corrected chi connectivity index (χ4v) is 2.86. The standard InChI is InChI=1S/C10H17IN2O2/c11-9-7-13(4-5-15-9)10(14)8-2-1-3-12-6-8/h8-9,12H,1-7H2. The number of carbonyl (C=O) groups excluding carboxylic acids is 1. The Morgan fingerprint density at radius 1 is 1.53 bits per heavy atom. The lowest BCUT2D eigenvalue weighted by Crippen LogP contribution is -2.49. The van der Waals surface area contributed by atoms with Crippen molar-refractivity contribution in [2.24, 2.45) is 5.92 Å². The van der Waals surface area contributed by atoms with Gasteiger partial charge in [-0.1, -0.05) is 0 Å². The van der Waals surface area contributed by atoms with E-state index in [1.807, 2.05) is 4.90 Å². The number of rotatable bonds is 1. The van der Waals surface area contributed by atoms with Gasteiger partial charge in [-0.15, -0.1) is 0 Å². The summed E-state index contributed by atoms with van der Waals surface area (Å²) >= 11 is 2.24. The second-order valence-corrected chi connectivity index (χ2v) is 5.50. The number of amides is 1. The predicted octanol–water partition coefficient (Wildman–Crippen LogP) is 0.606. The van der Waals surface area contributed by atoms with E-state index < -0.39 is 0 Å². The van der Waals surface area contributed by atoms with Crippen LogP contribution in [0, 0.1) is 5.92 Å². The zero-order valence-corrected chi connectivity index (χ0v) is 10.9. The van der Waals surface area contributed by atoms with Crippen molar-refractivity contribution in [1.82, 2.24) is 10.2 Å². The zero-order chi connectivity index (χ0) is 10.7. The van der Waals surface area contributed by atoms with Gasteiger partial charge in [-0.05, 0) is 42.0 Å². The molecule has 2 aliphatic rings. The smallest absolute Gasteiger partial charge is 0.227 e. The molecule has 0 aromatic carbocycles. The summed E-state index contributed by atoms with van der Waals surface area (Å²) in [6.45, 7) is 4.09. The minimum atomic E-state index is 0.164. The molecule has 1 amide bonds. The highest BCUT2D eigenvalue weighted by atomic mass is 127. The molecule has 0 aliphatic carbocycles. The number of hydrogen-bond donors (Lipinski definition) is 1. The second-order valence-electron chi connectivity index (χ2n) is 4.11. The summed E-state index contributed by atoms with van der Waals surface area (Å²) in [6.07, 6.45) is 2.16. The molecule has 2 saturated heterocycles. The van der Waals surface area contributed by atoms with Gasteiger partial charge >= 0.3 is 0 Å². The average Bonchev–Trinajstić information content (AvgIpc) is 2.29. The average molecular weight is 324 g/mol. The monoisotopic (exact) mass is 324 g/mol. The fraction of sp³-hybridized carbons (Fsp3) is 0.900. The number of hydrogen-bond acceptors (Lipinski definition) is 3. The van der Waals surface area contributed by atoms with Crippen LogP contribution in [0.1, 0.15) is 12.8 Å². The highest BCUT2D eigenvalue weighted by Gasteiger charge is 2.29. The Bertz CT molecular complexity index is 231. The van der Waals surface area contributed by atoms with Crippen molar-refractivity contribution in [1.29, 1.82) is 0 Å². The van der Waals surface area contributed by atoms with Crippen molar-refractivity contribution in [3.05, 3.63) is 0 Å². The zero-order valence-electron chi connectivity index (χ0n) is 8.75. The molecule has 2 heterocycles. The number of halogens is 1. The molecule has 86 valence electrons. The number of ether oxygens (including phenoxy) is 1. The molecule has 2 unspecified atom stereocenters. The van der Waals surface area contributed by atoms with Crippen molar-refractivity contribution >= 4 is 28.5 Å². The quantitative estimate of drug-likeness (QED) is 0.568. The summed E-state index contributed by atoms with van der Waals surface area (Å²) in [4.78, 5) is 14.1. The highest BCUT2D eigenvalue weighted by Crippen LogP contribution is 2.17. The lowest BCUT2D eigenvalue weighted by atomic mass is 9.98. The molecule has 1 N–H and O–H groups in total. The van der Waals surface area contributed by atoms with Crippen molar-refractivity contribution in [2.75, 3.05) is 32.8 Å². The van der Waals surface area contributed by atoms with Gasteiger partial charge < -0.3 is 15.0 Å². The largest absolute Gasteiger partial charge is 0.364 e. The van der Waals surface area contributed by atoms with Gasteiger partial charge in [-0.3, -0.25) is 4.79 Å². The lowest BCUT2D eigenvalue weighted by molar-refractivity contribution is -0.140. The Kier molecular flexibility index (Phi) is 4.21. The van der Waals surface area contributed by atoms with Gasteiger partial charge in [-0.2, -0.15) is 0 Å². The normalized spacial score (nSPS) is 32.7. The molecule has 2 fully saturated rings. The van der Waals surface area contributed by atoms with Crippen LogP contribution in [0.3, 0.4) is 0 Å². The molecule has 2 rings (SSSR count). The SMILES string of the molecule is O=C(C1CCCNC1)N1CCOC(I)C1.